The first-order valence-electron chi connectivity index (χ1n) is 13.6. The standard InChI is InChI=1S/C34H26N2O5S/c1-19-17-22(33(38)39)10-14-25(19)28-16-13-24(41-28)18-29-32(37)36-31(21-7-11-23(40-2)12-8-21)27-15-9-20-5-3-4-6-26(20)30(27)35-34(36)42-29/h3-8,10-14,16-18,31H,9,15H2,1-2H3,(H,38,39)/b29-18+. The molecule has 208 valence electrons. The number of hydrogen-bond donors (Lipinski definition) is 1. The zero-order chi connectivity index (χ0) is 29.0. The molecule has 1 N–H and O–H groups in total. The summed E-state index contributed by atoms with van der Waals surface area (Å²) in [6.07, 6.45) is 3.47. The second-order valence-corrected chi connectivity index (χ2v) is 11.4. The number of hydrogen-bond acceptors (Lipinski definition) is 6. The molecule has 8 heteroatoms. The van der Waals surface area contributed by atoms with Gasteiger partial charge in [0.2, 0.25) is 0 Å². The third-order valence-corrected chi connectivity index (χ3v) is 8.93. The lowest BCUT2D eigenvalue weighted by atomic mass is 9.83. The minimum absolute atomic E-state index is 0.120. The number of carbonyl (C=O) groups is 1. The van der Waals surface area contributed by atoms with Crippen molar-refractivity contribution in [2.24, 2.45) is 4.99 Å². The van der Waals surface area contributed by atoms with Crippen molar-refractivity contribution in [1.82, 2.24) is 4.57 Å². The number of fused-ring (bicyclic) bond motifs is 3. The Balaban J connectivity index is 1.36. The number of methoxy groups -OCH3 is 1. The highest BCUT2D eigenvalue weighted by molar-refractivity contribution is 7.07. The van der Waals surface area contributed by atoms with Gasteiger partial charge in [0.25, 0.3) is 5.56 Å². The zero-order valence-electron chi connectivity index (χ0n) is 23.0. The molecule has 2 aromatic heterocycles. The third-order valence-electron chi connectivity index (χ3n) is 7.94. The molecule has 0 amide bonds. The van der Waals surface area contributed by atoms with Gasteiger partial charge in [-0.25, -0.2) is 9.79 Å². The normalized spacial score (nSPS) is 16.0. The first-order chi connectivity index (χ1) is 20.4. The fraction of sp³-hybridized carbons (Fsp3) is 0.147. The van der Waals surface area contributed by atoms with Crippen LogP contribution in [0.4, 0.5) is 0 Å². The third kappa shape index (κ3) is 4.31. The molecule has 0 spiro atoms. The molecule has 3 heterocycles. The van der Waals surface area contributed by atoms with E-state index in [1.165, 1.54) is 16.9 Å². The number of carboxylic acids is 1. The zero-order valence-corrected chi connectivity index (χ0v) is 23.8. The summed E-state index contributed by atoms with van der Waals surface area (Å²) < 4.78 is 13.8. The van der Waals surface area contributed by atoms with Gasteiger partial charge >= 0.3 is 5.97 Å². The van der Waals surface area contributed by atoms with Crippen molar-refractivity contribution in [2.75, 3.05) is 7.11 Å². The van der Waals surface area contributed by atoms with Gasteiger partial charge in [-0.1, -0.05) is 53.8 Å². The summed E-state index contributed by atoms with van der Waals surface area (Å²) in [6, 6.07) is 24.6. The molecule has 7 nitrogen and oxygen atoms in total. The second kappa shape index (κ2) is 10.2. The number of carboxylic acid groups (broad SMARTS) is 1. The average Bonchev–Trinajstić information content (AvgIpc) is 3.60. The van der Waals surface area contributed by atoms with Gasteiger partial charge in [-0.2, -0.15) is 0 Å². The lowest BCUT2D eigenvalue weighted by Gasteiger charge is -2.30. The Morgan fingerprint density at radius 3 is 2.62 bits per heavy atom. The van der Waals surface area contributed by atoms with E-state index < -0.39 is 5.97 Å². The van der Waals surface area contributed by atoms with Crippen molar-refractivity contribution in [1.29, 1.82) is 0 Å². The first-order valence-corrected chi connectivity index (χ1v) is 14.4. The molecule has 0 radical (unpaired) electrons. The molecule has 0 fully saturated rings. The molecule has 2 aliphatic rings. The van der Waals surface area contributed by atoms with Crippen LogP contribution in [-0.2, 0) is 6.42 Å². The van der Waals surface area contributed by atoms with E-state index in [1.807, 2.05) is 54.0 Å². The summed E-state index contributed by atoms with van der Waals surface area (Å²) in [5, 5.41) is 9.29. The van der Waals surface area contributed by atoms with Gasteiger partial charge in [-0.3, -0.25) is 9.36 Å². The van der Waals surface area contributed by atoms with Gasteiger partial charge < -0.3 is 14.3 Å². The molecule has 5 aromatic rings. The number of aromatic carboxylic acids is 1. The van der Waals surface area contributed by atoms with E-state index in [0.717, 1.165) is 52.1 Å². The Hall–Kier alpha value is -4.95. The summed E-state index contributed by atoms with van der Waals surface area (Å²) >= 11 is 1.35. The van der Waals surface area contributed by atoms with Crippen LogP contribution in [0, 0.1) is 6.92 Å². The smallest absolute Gasteiger partial charge is 0.335 e. The summed E-state index contributed by atoms with van der Waals surface area (Å²) in [4.78, 5) is 31.1. The minimum atomic E-state index is -0.974. The predicted molar refractivity (Wildman–Crippen MR) is 162 cm³/mol. The summed E-state index contributed by atoms with van der Waals surface area (Å²) in [6.45, 7) is 1.85. The van der Waals surface area contributed by atoms with Crippen LogP contribution >= 0.6 is 11.3 Å². The van der Waals surface area contributed by atoms with Crippen LogP contribution in [0.15, 0.2) is 98.6 Å². The Morgan fingerprint density at radius 2 is 1.86 bits per heavy atom. The molecular formula is C34H26N2O5S. The van der Waals surface area contributed by atoms with Crippen LogP contribution in [0.3, 0.4) is 0 Å². The molecule has 0 saturated carbocycles. The fourth-order valence-corrected chi connectivity index (χ4v) is 6.87. The van der Waals surface area contributed by atoms with Gasteiger partial charge in [-0.15, -0.1) is 0 Å². The highest BCUT2D eigenvalue weighted by atomic mass is 32.1. The lowest BCUT2D eigenvalue weighted by Crippen LogP contribution is -2.38. The number of nitrogens with zero attached hydrogens (tertiary/aromatic N) is 2. The molecule has 1 unspecified atom stereocenters. The summed E-state index contributed by atoms with van der Waals surface area (Å²) in [5.41, 5.74) is 7.17. The van der Waals surface area contributed by atoms with Crippen LogP contribution in [0.25, 0.3) is 23.1 Å². The van der Waals surface area contributed by atoms with Gasteiger partial charge in [0.15, 0.2) is 4.80 Å². The molecule has 1 aliphatic heterocycles. The maximum Gasteiger partial charge on any atom is 0.335 e. The highest BCUT2D eigenvalue weighted by Crippen LogP contribution is 2.41. The van der Waals surface area contributed by atoms with Gasteiger partial charge in [0.1, 0.15) is 17.3 Å². The van der Waals surface area contributed by atoms with Crippen LogP contribution in [0.5, 0.6) is 5.75 Å². The van der Waals surface area contributed by atoms with Gasteiger partial charge in [0.05, 0.1) is 28.9 Å². The van der Waals surface area contributed by atoms with E-state index in [-0.39, 0.29) is 17.2 Å². The maximum absolute atomic E-state index is 14.0. The second-order valence-electron chi connectivity index (χ2n) is 10.4. The maximum atomic E-state index is 14.0. The van der Waals surface area contributed by atoms with Gasteiger partial charge in [0, 0.05) is 17.2 Å². The Morgan fingerprint density at radius 1 is 1.05 bits per heavy atom. The molecule has 0 saturated heterocycles. The number of furan rings is 1. The topological polar surface area (TPSA) is 94.0 Å². The molecule has 0 bridgehead atoms. The van der Waals surface area contributed by atoms with Crippen molar-refractivity contribution in [3.8, 4) is 17.1 Å². The highest BCUT2D eigenvalue weighted by Gasteiger charge is 2.32. The van der Waals surface area contributed by atoms with Crippen molar-refractivity contribution in [2.45, 2.75) is 25.8 Å². The van der Waals surface area contributed by atoms with Crippen molar-refractivity contribution in [3.05, 3.63) is 138 Å². The number of aryl methyl sites for hydroxylation is 2. The van der Waals surface area contributed by atoms with E-state index in [1.54, 1.807) is 31.4 Å². The van der Waals surface area contributed by atoms with Crippen molar-refractivity contribution >= 4 is 29.1 Å². The van der Waals surface area contributed by atoms with Crippen LogP contribution in [0.1, 0.15) is 50.8 Å². The first kappa shape index (κ1) is 26.0. The average molecular weight is 575 g/mol. The van der Waals surface area contributed by atoms with E-state index in [9.17, 15) is 14.7 Å². The van der Waals surface area contributed by atoms with Crippen LogP contribution < -0.4 is 19.6 Å². The van der Waals surface area contributed by atoms with Crippen molar-refractivity contribution < 1.29 is 19.1 Å². The van der Waals surface area contributed by atoms with E-state index in [4.69, 9.17) is 14.1 Å². The minimum Gasteiger partial charge on any atom is -0.497 e. The molecule has 1 aliphatic carbocycles. The largest absolute Gasteiger partial charge is 0.497 e. The summed E-state index contributed by atoms with van der Waals surface area (Å²) in [7, 11) is 1.64. The monoisotopic (exact) mass is 574 g/mol. The fourth-order valence-electron chi connectivity index (χ4n) is 5.89. The number of ether oxygens (including phenoxy) is 1. The number of aromatic nitrogens is 1. The van der Waals surface area contributed by atoms with Crippen molar-refractivity contribution in [3.63, 3.8) is 0 Å². The Labute approximate surface area is 245 Å². The summed E-state index contributed by atoms with van der Waals surface area (Å²) in [5.74, 6) is 0.924. The van der Waals surface area contributed by atoms with E-state index >= 15 is 0 Å². The van der Waals surface area contributed by atoms with E-state index in [2.05, 4.69) is 18.2 Å². The van der Waals surface area contributed by atoms with Crippen LogP contribution in [0.2, 0.25) is 0 Å². The number of benzene rings is 3. The Bertz CT molecular complexity index is 2100. The number of thiazole rings is 1. The Kier molecular flexibility index (Phi) is 6.28. The number of rotatable bonds is 5. The lowest BCUT2D eigenvalue weighted by molar-refractivity contribution is 0.0696. The molecule has 1 atom stereocenters. The molecule has 42 heavy (non-hydrogen) atoms. The molecule has 3 aromatic carbocycles. The SMILES string of the molecule is COc1ccc(C2C3=C(N=c4s/c(=C/c5ccc(-c6ccc(C(=O)O)cc6C)o5)c(=O)n42)c2ccccc2CC3)cc1. The molecular weight excluding hydrogens is 548 g/mol. The molecule has 7 rings (SSSR count). The quantitative estimate of drug-likeness (QED) is 0.295. The predicted octanol–water partition coefficient (Wildman–Crippen LogP) is 5.59. The van der Waals surface area contributed by atoms with Crippen LogP contribution in [-0.4, -0.2) is 22.8 Å². The van der Waals surface area contributed by atoms with Gasteiger partial charge in [-0.05, 0) is 78.4 Å². The van der Waals surface area contributed by atoms with E-state index in [0.29, 0.717) is 20.9 Å². The number of allylic oxidation sites excluding steroid dienone is 1.